The van der Waals surface area contributed by atoms with E-state index in [1.807, 2.05) is 26.0 Å². The molecule has 0 aliphatic rings. The Bertz CT molecular complexity index is 1000. The molecule has 0 bridgehead atoms. The average Bonchev–Trinajstić information content (AvgIpc) is 3.16. The van der Waals surface area contributed by atoms with Crippen molar-refractivity contribution < 1.29 is 13.6 Å². The summed E-state index contributed by atoms with van der Waals surface area (Å²) in [6, 6.07) is 15.4. The molecule has 6 heteroatoms. The van der Waals surface area contributed by atoms with Gasteiger partial charge in [-0.2, -0.15) is 5.26 Å². The first-order valence-corrected chi connectivity index (χ1v) is 8.90. The fourth-order valence-electron chi connectivity index (χ4n) is 2.65. The Morgan fingerprint density at radius 2 is 1.86 bits per heavy atom. The van der Waals surface area contributed by atoms with Crippen LogP contribution in [0.15, 0.2) is 59.1 Å². The number of carbonyl (C=O) groups excluding carboxylic acids is 1. The summed E-state index contributed by atoms with van der Waals surface area (Å²) >= 11 is 0. The fraction of sp³-hybridized carbons (Fsp3) is 0.227. The number of carbonyl (C=O) groups is 1. The maximum atomic E-state index is 13.0. The fourth-order valence-corrected chi connectivity index (χ4v) is 2.65. The molecule has 3 aromatic rings. The van der Waals surface area contributed by atoms with Crippen molar-refractivity contribution in [2.45, 2.75) is 32.1 Å². The molecule has 28 heavy (non-hydrogen) atoms. The standard InChI is InChI=1S/C22H20FN3O2/c1-22(2,14-24)16-5-9-18(10-6-16)26-20(27)11-12-21-25-13-19(28-21)15-3-7-17(23)8-4-15/h3-10,13H,11-12H2,1-2H3,(H,26,27). The second-order valence-electron chi connectivity index (χ2n) is 6.99. The molecule has 0 spiro atoms. The monoisotopic (exact) mass is 377 g/mol. The molecule has 3 rings (SSSR count). The highest BCUT2D eigenvalue weighted by Gasteiger charge is 2.19. The highest BCUT2D eigenvalue weighted by Crippen LogP contribution is 2.24. The molecule has 0 aliphatic heterocycles. The Hall–Kier alpha value is -3.46. The number of hydrogen-bond donors (Lipinski definition) is 1. The minimum atomic E-state index is -0.574. The summed E-state index contributed by atoms with van der Waals surface area (Å²) in [5.41, 5.74) is 1.71. The van der Waals surface area contributed by atoms with E-state index < -0.39 is 5.41 Å². The Morgan fingerprint density at radius 3 is 2.50 bits per heavy atom. The molecule has 5 nitrogen and oxygen atoms in total. The Kier molecular flexibility index (Phi) is 5.55. The molecule has 1 aromatic heterocycles. The van der Waals surface area contributed by atoms with Gasteiger partial charge in [0.15, 0.2) is 11.7 Å². The molecular weight excluding hydrogens is 357 g/mol. The molecule has 1 heterocycles. The van der Waals surface area contributed by atoms with Gasteiger partial charge in [0.1, 0.15) is 5.82 Å². The van der Waals surface area contributed by atoms with Crippen LogP contribution >= 0.6 is 0 Å². The zero-order chi connectivity index (χ0) is 20.1. The first-order chi connectivity index (χ1) is 13.4. The van der Waals surface area contributed by atoms with Gasteiger partial charge in [0.2, 0.25) is 5.91 Å². The second kappa shape index (κ2) is 8.05. The van der Waals surface area contributed by atoms with Crippen molar-refractivity contribution in [3.05, 3.63) is 72.0 Å². The molecule has 0 atom stereocenters. The minimum Gasteiger partial charge on any atom is -0.441 e. The summed E-state index contributed by atoms with van der Waals surface area (Å²) in [7, 11) is 0. The second-order valence-corrected chi connectivity index (χ2v) is 6.99. The van der Waals surface area contributed by atoms with Crippen molar-refractivity contribution in [2.75, 3.05) is 5.32 Å². The van der Waals surface area contributed by atoms with Crippen LogP contribution in [0.5, 0.6) is 0 Å². The molecule has 0 fully saturated rings. The summed E-state index contributed by atoms with van der Waals surface area (Å²) in [4.78, 5) is 16.3. The lowest BCUT2D eigenvalue weighted by atomic mass is 9.86. The SMILES string of the molecule is CC(C)(C#N)c1ccc(NC(=O)CCc2ncc(-c3ccc(F)cc3)o2)cc1. The molecule has 1 amide bonds. The van der Waals surface area contributed by atoms with Gasteiger partial charge in [0.25, 0.3) is 0 Å². The van der Waals surface area contributed by atoms with E-state index in [0.717, 1.165) is 11.1 Å². The van der Waals surface area contributed by atoms with Gasteiger partial charge in [0, 0.05) is 24.1 Å². The molecule has 2 aromatic carbocycles. The van der Waals surface area contributed by atoms with Crippen LogP contribution in [0.1, 0.15) is 31.7 Å². The van der Waals surface area contributed by atoms with Crippen molar-refractivity contribution in [1.29, 1.82) is 5.26 Å². The molecule has 1 N–H and O–H groups in total. The summed E-state index contributed by atoms with van der Waals surface area (Å²) in [6.45, 7) is 3.69. The van der Waals surface area contributed by atoms with Crippen LogP contribution in [0.2, 0.25) is 0 Å². The van der Waals surface area contributed by atoms with E-state index in [-0.39, 0.29) is 18.1 Å². The van der Waals surface area contributed by atoms with Crippen LogP contribution in [0.25, 0.3) is 11.3 Å². The van der Waals surface area contributed by atoms with Gasteiger partial charge in [-0.25, -0.2) is 9.37 Å². The predicted molar refractivity (Wildman–Crippen MR) is 104 cm³/mol. The van der Waals surface area contributed by atoms with Gasteiger partial charge in [-0.05, 0) is 55.8 Å². The Morgan fingerprint density at radius 1 is 1.18 bits per heavy atom. The molecule has 0 radical (unpaired) electrons. The van der Waals surface area contributed by atoms with Crippen molar-refractivity contribution in [3.8, 4) is 17.4 Å². The first kappa shape index (κ1) is 19.3. The van der Waals surface area contributed by atoms with Crippen molar-refractivity contribution in [2.24, 2.45) is 0 Å². The lowest BCUT2D eigenvalue weighted by Gasteiger charge is -2.16. The third kappa shape index (κ3) is 4.63. The number of halogens is 1. The number of amides is 1. The summed E-state index contributed by atoms with van der Waals surface area (Å²) in [5, 5.41) is 12.0. The maximum absolute atomic E-state index is 13.0. The van der Waals surface area contributed by atoms with E-state index in [0.29, 0.717) is 23.8 Å². The summed E-state index contributed by atoms with van der Waals surface area (Å²) in [6.07, 6.45) is 2.14. The zero-order valence-electron chi connectivity index (χ0n) is 15.7. The number of nitriles is 1. The molecule has 142 valence electrons. The normalized spacial score (nSPS) is 11.1. The van der Waals surface area contributed by atoms with Crippen LogP contribution in [-0.2, 0) is 16.6 Å². The molecular formula is C22H20FN3O2. The number of benzene rings is 2. The molecule has 0 unspecified atom stereocenters. The smallest absolute Gasteiger partial charge is 0.224 e. The van der Waals surface area contributed by atoms with Crippen LogP contribution in [-0.4, -0.2) is 10.9 Å². The molecule has 0 aliphatic carbocycles. The van der Waals surface area contributed by atoms with Gasteiger partial charge in [-0.3, -0.25) is 4.79 Å². The van der Waals surface area contributed by atoms with Gasteiger partial charge >= 0.3 is 0 Å². The lowest BCUT2D eigenvalue weighted by molar-refractivity contribution is -0.116. The number of aryl methyl sites for hydroxylation is 1. The number of aromatic nitrogens is 1. The highest BCUT2D eigenvalue weighted by molar-refractivity contribution is 5.90. The summed E-state index contributed by atoms with van der Waals surface area (Å²) < 4.78 is 18.6. The van der Waals surface area contributed by atoms with E-state index >= 15 is 0 Å². The van der Waals surface area contributed by atoms with Gasteiger partial charge < -0.3 is 9.73 Å². The van der Waals surface area contributed by atoms with Crippen molar-refractivity contribution in [3.63, 3.8) is 0 Å². The Balaban J connectivity index is 1.55. The maximum Gasteiger partial charge on any atom is 0.224 e. The zero-order valence-corrected chi connectivity index (χ0v) is 15.7. The predicted octanol–water partition coefficient (Wildman–Crippen LogP) is 4.85. The third-order valence-corrected chi connectivity index (χ3v) is 4.42. The molecule has 0 saturated carbocycles. The van der Waals surface area contributed by atoms with Crippen LogP contribution in [0.3, 0.4) is 0 Å². The lowest BCUT2D eigenvalue weighted by Crippen LogP contribution is -2.15. The van der Waals surface area contributed by atoms with Crippen LogP contribution in [0, 0.1) is 17.1 Å². The van der Waals surface area contributed by atoms with E-state index in [1.165, 1.54) is 12.1 Å². The van der Waals surface area contributed by atoms with E-state index in [1.54, 1.807) is 30.5 Å². The number of hydrogen-bond acceptors (Lipinski definition) is 4. The van der Waals surface area contributed by atoms with Gasteiger partial charge in [-0.15, -0.1) is 0 Å². The van der Waals surface area contributed by atoms with Crippen LogP contribution in [0.4, 0.5) is 10.1 Å². The van der Waals surface area contributed by atoms with Crippen molar-refractivity contribution in [1.82, 2.24) is 4.98 Å². The summed E-state index contributed by atoms with van der Waals surface area (Å²) in [5.74, 6) is 0.505. The van der Waals surface area contributed by atoms with Gasteiger partial charge in [0.05, 0.1) is 17.7 Å². The Labute approximate surface area is 162 Å². The number of nitrogens with zero attached hydrogens (tertiary/aromatic N) is 2. The van der Waals surface area contributed by atoms with E-state index in [2.05, 4.69) is 16.4 Å². The number of anilines is 1. The molecule has 0 saturated heterocycles. The van der Waals surface area contributed by atoms with Crippen molar-refractivity contribution >= 4 is 11.6 Å². The van der Waals surface area contributed by atoms with E-state index in [4.69, 9.17) is 4.42 Å². The minimum absolute atomic E-state index is 0.158. The quantitative estimate of drug-likeness (QED) is 0.666. The van der Waals surface area contributed by atoms with Crippen LogP contribution < -0.4 is 5.32 Å². The third-order valence-electron chi connectivity index (χ3n) is 4.42. The largest absolute Gasteiger partial charge is 0.441 e. The highest BCUT2D eigenvalue weighted by atomic mass is 19.1. The number of oxazole rings is 1. The first-order valence-electron chi connectivity index (χ1n) is 8.90. The number of rotatable bonds is 6. The van der Waals surface area contributed by atoms with Gasteiger partial charge in [-0.1, -0.05) is 12.1 Å². The number of nitrogens with one attached hydrogen (secondary N) is 1. The topological polar surface area (TPSA) is 78.9 Å². The van der Waals surface area contributed by atoms with E-state index in [9.17, 15) is 14.4 Å². The average molecular weight is 377 g/mol.